The zero-order valence-electron chi connectivity index (χ0n) is 11.1. The highest BCUT2D eigenvalue weighted by molar-refractivity contribution is 5.60. The first kappa shape index (κ1) is 15.6. The van der Waals surface area contributed by atoms with Crippen LogP contribution >= 0.6 is 0 Å². The average molecular weight is 276 g/mol. The molecule has 0 radical (unpaired) electrons. The summed E-state index contributed by atoms with van der Waals surface area (Å²) in [7, 11) is 0. The lowest BCUT2D eigenvalue weighted by Crippen LogP contribution is -2.29. The summed E-state index contributed by atoms with van der Waals surface area (Å²) in [6.45, 7) is 5.48. The molecule has 0 aliphatic heterocycles. The van der Waals surface area contributed by atoms with Crippen molar-refractivity contribution in [1.29, 1.82) is 0 Å². The maximum atomic E-state index is 13.0. The zero-order valence-corrected chi connectivity index (χ0v) is 11.1. The van der Waals surface area contributed by atoms with Crippen LogP contribution in [0.4, 0.5) is 24.5 Å². The molecule has 6 heteroatoms. The molecule has 0 amide bonds. The number of hydrogen-bond donors (Lipinski definition) is 1. The van der Waals surface area contributed by atoms with Gasteiger partial charge in [-0.1, -0.05) is 0 Å². The summed E-state index contributed by atoms with van der Waals surface area (Å²) < 4.78 is 44.2. The van der Waals surface area contributed by atoms with E-state index < -0.39 is 11.7 Å². The van der Waals surface area contributed by atoms with Gasteiger partial charge in [-0.3, -0.25) is 0 Å². The van der Waals surface area contributed by atoms with Gasteiger partial charge < -0.3 is 15.4 Å². The molecule has 0 atom stereocenters. The van der Waals surface area contributed by atoms with E-state index in [9.17, 15) is 13.2 Å². The fraction of sp³-hybridized carbons (Fsp3) is 0.538. The van der Waals surface area contributed by atoms with Crippen molar-refractivity contribution in [2.45, 2.75) is 20.0 Å². The molecule has 0 fully saturated rings. The lowest BCUT2D eigenvalue weighted by Gasteiger charge is -2.26. The summed E-state index contributed by atoms with van der Waals surface area (Å²) >= 11 is 0. The Hall–Kier alpha value is -1.43. The highest BCUT2D eigenvalue weighted by Crippen LogP contribution is 2.37. The van der Waals surface area contributed by atoms with Crippen molar-refractivity contribution in [2.24, 2.45) is 0 Å². The van der Waals surface area contributed by atoms with Gasteiger partial charge in [0.05, 0.1) is 12.2 Å². The van der Waals surface area contributed by atoms with E-state index in [4.69, 9.17) is 10.5 Å². The molecule has 0 bridgehead atoms. The van der Waals surface area contributed by atoms with Gasteiger partial charge in [-0.2, -0.15) is 13.2 Å². The minimum atomic E-state index is -4.41. The number of nitrogens with two attached hydrogens (primary N) is 1. The highest BCUT2D eigenvalue weighted by atomic mass is 19.4. The summed E-state index contributed by atoms with van der Waals surface area (Å²) in [5.74, 6) is 0. The van der Waals surface area contributed by atoms with E-state index >= 15 is 0 Å². The largest absolute Gasteiger partial charge is 0.418 e. The third-order valence-corrected chi connectivity index (χ3v) is 2.76. The molecular weight excluding hydrogens is 257 g/mol. The Morgan fingerprint density at radius 3 is 2.47 bits per heavy atom. The summed E-state index contributed by atoms with van der Waals surface area (Å²) in [6, 6.07) is 3.86. The van der Waals surface area contributed by atoms with Gasteiger partial charge in [-0.15, -0.1) is 0 Å². The first-order valence-corrected chi connectivity index (χ1v) is 6.19. The van der Waals surface area contributed by atoms with Crippen molar-refractivity contribution in [3.05, 3.63) is 23.8 Å². The average Bonchev–Trinajstić information content (AvgIpc) is 2.34. The summed E-state index contributed by atoms with van der Waals surface area (Å²) in [5, 5.41) is 0. The van der Waals surface area contributed by atoms with Crippen molar-refractivity contribution >= 4 is 11.4 Å². The van der Waals surface area contributed by atoms with Crippen molar-refractivity contribution in [1.82, 2.24) is 0 Å². The Bertz CT molecular complexity index is 407. The van der Waals surface area contributed by atoms with E-state index in [2.05, 4.69) is 0 Å². The Balaban J connectivity index is 3.02. The molecule has 2 N–H and O–H groups in total. The number of ether oxygens (including phenoxy) is 1. The fourth-order valence-electron chi connectivity index (χ4n) is 1.82. The van der Waals surface area contributed by atoms with Gasteiger partial charge in [0.2, 0.25) is 0 Å². The molecule has 0 unspecified atom stereocenters. The van der Waals surface area contributed by atoms with Gasteiger partial charge in [0.1, 0.15) is 0 Å². The van der Waals surface area contributed by atoms with Gasteiger partial charge >= 0.3 is 6.18 Å². The second-order valence-corrected chi connectivity index (χ2v) is 4.05. The lowest BCUT2D eigenvalue weighted by molar-refractivity contribution is -0.137. The molecule has 0 aromatic heterocycles. The van der Waals surface area contributed by atoms with Crippen molar-refractivity contribution < 1.29 is 17.9 Å². The zero-order chi connectivity index (χ0) is 14.5. The smallest absolute Gasteiger partial charge is 0.399 e. The van der Waals surface area contributed by atoms with Gasteiger partial charge in [-0.25, -0.2) is 0 Å². The first-order chi connectivity index (χ1) is 8.90. The van der Waals surface area contributed by atoms with E-state index in [0.29, 0.717) is 26.3 Å². The van der Waals surface area contributed by atoms with Crippen LogP contribution in [0.2, 0.25) is 0 Å². The molecule has 1 aromatic rings. The van der Waals surface area contributed by atoms with E-state index in [1.54, 1.807) is 4.90 Å². The normalized spacial score (nSPS) is 11.6. The van der Waals surface area contributed by atoms with Crippen LogP contribution in [-0.4, -0.2) is 26.3 Å². The molecule has 0 heterocycles. The van der Waals surface area contributed by atoms with Crippen LogP contribution in [-0.2, 0) is 10.9 Å². The predicted octanol–water partition coefficient (Wildman–Crippen LogP) is 3.15. The van der Waals surface area contributed by atoms with E-state index in [0.717, 1.165) is 6.07 Å². The number of nitrogen functional groups attached to an aromatic ring is 1. The molecule has 0 aliphatic carbocycles. The molecule has 0 aliphatic rings. The van der Waals surface area contributed by atoms with Gasteiger partial charge in [0.15, 0.2) is 0 Å². The van der Waals surface area contributed by atoms with Crippen LogP contribution in [0.1, 0.15) is 19.4 Å². The van der Waals surface area contributed by atoms with Crippen LogP contribution < -0.4 is 10.6 Å². The quantitative estimate of drug-likeness (QED) is 0.640. The number of alkyl halides is 3. The van der Waals surface area contributed by atoms with Crippen molar-refractivity contribution in [2.75, 3.05) is 36.9 Å². The molecule has 1 rings (SSSR count). The fourth-order valence-corrected chi connectivity index (χ4v) is 1.82. The van der Waals surface area contributed by atoms with Gasteiger partial charge in [0.25, 0.3) is 0 Å². The van der Waals surface area contributed by atoms with Crippen LogP contribution in [0.3, 0.4) is 0 Å². The van der Waals surface area contributed by atoms with Crippen LogP contribution in [0.5, 0.6) is 0 Å². The van der Waals surface area contributed by atoms with Crippen molar-refractivity contribution in [3.8, 4) is 0 Å². The molecular formula is C13H19F3N2O. The van der Waals surface area contributed by atoms with Crippen LogP contribution in [0.15, 0.2) is 18.2 Å². The van der Waals surface area contributed by atoms with Gasteiger partial charge in [-0.05, 0) is 32.0 Å². The topological polar surface area (TPSA) is 38.5 Å². The standard InChI is InChI=1S/C13H19F3N2O/c1-3-18(7-8-19-4-2)12-6-5-10(17)9-11(12)13(14,15)16/h5-6,9H,3-4,7-8,17H2,1-2H3. The Morgan fingerprint density at radius 2 is 1.95 bits per heavy atom. The molecule has 19 heavy (non-hydrogen) atoms. The monoisotopic (exact) mass is 276 g/mol. The number of nitrogens with zero attached hydrogens (tertiary/aromatic N) is 1. The predicted molar refractivity (Wildman–Crippen MR) is 70.2 cm³/mol. The number of benzene rings is 1. The van der Waals surface area contributed by atoms with E-state index in [-0.39, 0.29) is 11.4 Å². The number of hydrogen-bond acceptors (Lipinski definition) is 3. The van der Waals surface area contributed by atoms with Crippen molar-refractivity contribution in [3.63, 3.8) is 0 Å². The Morgan fingerprint density at radius 1 is 1.26 bits per heavy atom. The van der Waals surface area contributed by atoms with Crippen LogP contribution in [0.25, 0.3) is 0 Å². The molecule has 1 aromatic carbocycles. The van der Waals surface area contributed by atoms with E-state index in [1.165, 1.54) is 12.1 Å². The second-order valence-electron chi connectivity index (χ2n) is 4.05. The third kappa shape index (κ3) is 4.31. The number of anilines is 2. The van der Waals surface area contributed by atoms with E-state index in [1.807, 2.05) is 13.8 Å². The number of halogens is 3. The Labute approximate surface area is 111 Å². The maximum Gasteiger partial charge on any atom is 0.418 e. The number of rotatable bonds is 6. The van der Waals surface area contributed by atoms with Gasteiger partial charge in [0, 0.05) is 31.1 Å². The highest BCUT2D eigenvalue weighted by Gasteiger charge is 2.34. The molecule has 3 nitrogen and oxygen atoms in total. The lowest BCUT2D eigenvalue weighted by atomic mass is 10.1. The minimum Gasteiger partial charge on any atom is -0.399 e. The maximum absolute atomic E-state index is 13.0. The summed E-state index contributed by atoms with van der Waals surface area (Å²) in [6.07, 6.45) is -4.41. The first-order valence-electron chi connectivity index (χ1n) is 6.19. The summed E-state index contributed by atoms with van der Waals surface area (Å²) in [5.41, 5.74) is 4.99. The molecule has 108 valence electrons. The molecule has 0 saturated carbocycles. The Kier molecular flexibility index (Phi) is 5.47. The summed E-state index contributed by atoms with van der Waals surface area (Å²) in [4.78, 5) is 1.64. The second kappa shape index (κ2) is 6.65. The molecule has 0 saturated heterocycles. The SMILES string of the molecule is CCOCCN(CC)c1ccc(N)cc1C(F)(F)F. The number of likely N-dealkylation sites (N-methyl/N-ethyl adjacent to an activating group) is 1. The molecule has 0 spiro atoms. The van der Waals surface area contributed by atoms with Crippen LogP contribution in [0, 0.1) is 0 Å². The third-order valence-electron chi connectivity index (χ3n) is 2.76. The minimum absolute atomic E-state index is 0.108.